The average molecular weight is 510 g/mol. The molecule has 1 saturated carbocycles. The van der Waals surface area contributed by atoms with E-state index in [9.17, 15) is 8.42 Å². The van der Waals surface area contributed by atoms with Gasteiger partial charge in [0.1, 0.15) is 10.7 Å². The Morgan fingerprint density at radius 1 is 1.03 bits per heavy atom. The number of halogens is 1. The molecule has 5 rings (SSSR count). The molecule has 3 N–H and O–H groups in total. The van der Waals surface area contributed by atoms with Crippen molar-refractivity contribution in [3.63, 3.8) is 0 Å². The minimum atomic E-state index is -4.20. The minimum Gasteiger partial charge on any atom is -0.480 e. The van der Waals surface area contributed by atoms with Crippen molar-refractivity contribution in [3.05, 3.63) is 54.1 Å². The summed E-state index contributed by atoms with van der Waals surface area (Å²) in [6.07, 6.45) is 5.16. The van der Waals surface area contributed by atoms with Gasteiger partial charge >= 0.3 is 0 Å². The molecule has 0 aliphatic heterocycles. The molecule has 1 aromatic carbocycles. The normalized spacial score (nSPS) is 13.4. The lowest BCUT2D eigenvalue weighted by atomic mass is 10.0. The van der Waals surface area contributed by atoms with E-state index in [2.05, 4.69) is 35.3 Å². The number of ether oxygens (including phenoxy) is 1. The molecule has 1 aliphatic rings. The van der Waals surface area contributed by atoms with Crippen LogP contribution in [-0.4, -0.2) is 49.6 Å². The average Bonchev–Trinajstić information content (AvgIpc) is 3.74. The van der Waals surface area contributed by atoms with E-state index in [0.29, 0.717) is 28.4 Å². The number of nitrogens with zero attached hydrogens (tertiary/aromatic N) is 4. The van der Waals surface area contributed by atoms with E-state index >= 15 is 4.39 Å². The van der Waals surface area contributed by atoms with Gasteiger partial charge < -0.3 is 15.4 Å². The second kappa shape index (κ2) is 9.19. The number of hydrogen-bond donors (Lipinski definition) is 3. The van der Waals surface area contributed by atoms with Crippen LogP contribution >= 0.6 is 0 Å². The summed E-state index contributed by atoms with van der Waals surface area (Å²) in [5.74, 6) is 0.261. The molecule has 0 bridgehead atoms. The summed E-state index contributed by atoms with van der Waals surface area (Å²) in [5.41, 5.74) is 1.61. The number of anilines is 3. The number of pyridine rings is 2. The Bertz CT molecular complexity index is 1580. The van der Waals surface area contributed by atoms with Gasteiger partial charge in [0.05, 0.1) is 12.8 Å². The van der Waals surface area contributed by atoms with Gasteiger partial charge in [-0.3, -0.25) is 4.72 Å². The summed E-state index contributed by atoms with van der Waals surface area (Å²) in [6.45, 7) is 0. The molecule has 0 spiro atoms. The SMILES string of the molecule is CNc1ncc2cc(-c3cccc(NS(=O)(=O)c4cc(C5CC5)cnc4OC)c3F)c(NC)nc2n1. The number of hydrogen-bond acceptors (Lipinski definition) is 9. The molecule has 10 nitrogen and oxygen atoms in total. The van der Waals surface area contributed by atoms with Crippen molar-refractivity contribution in [2.75, 3.05) is 36.6 Å². The first-order chi connectivity index (χ1) is 17.3. The molecule has 1 aliphatic carbocycles. The lowest BCUT2D eigenvalue weighted by Crippen LogP contribution is -2.16. The summed E-state index contributed by atoms with van der Waals surface area (Å²) in [6, 6.07) is 7.72. The Kier molecular flexibility index (Phi) is 6.04. The quantitative estimate of drug-likeness (QED) is 0.323. The van der Waals surface area contributed by atoms with E-state index in [1.165, 1.54) is 13.2 Å². The molecule has 186 valence electrons. The summed E-state index contributed by atoms with van der Waals surface area (Å²) >= 11 is 0. The summed E-state index contributed by atoms with van der Waals surface area (Å²) in [7, 11) is 0.502. The third kappa shape index (κ3) is 4.35. The van der Waals surface area contributed by atoms with Crippen molar-refractivity contribution in [3.8, 4) is 17.0 Å². The molecule has 0 amide bonds. The van der Waals surface area contributed by atoms with E-state index in [0.717, 1.165) is 18.4 Å². The van der Waals surface area contributed by atoms with Crippen molar-refractivity contribution >= 4 is 38.5 Å². The molecule has 3 heterocycles. The van der Waals surface area contributed by atoms with Gasteiger partial charge in [-0.15, -0.1) is 0 Å². The number of nitrogens with one attached hydrogen (secondary N) is 3. The lowest BCUT2D eigenvalue weighted by Gasteiger charge is -2.15. The van der Waals surface area contributed by atoms with Crippen molar-refractivity contribution in [1.82, 2.24) is 19.9 Å². The molecule has 4 aromatic rings. The highest BCUT2D eigenvalue weighted by Crippen LogP contribution is 2.41. The summed E-state index contributed by atoms with van der Waals surface area (Å²) < 4.78 is 49.9. The van der Waals surface area contributed by atoms with Gasteiger partial charge in [0.15, 0.2) is 11.5 Å². The molecule has 36 heavy (non-hydrogen) atoms. The standard InChI is InChI=1S/C24H24FN7O3S/c1-26-22-17(9-15-12-29-24(27-2)31-21(15)30-22)16-5-4-6-18(20(16)25)32-36(33,34)19-10-14(13-7-8-13)11-28-23(19)35-3/h4-6,9-13,32H,7-8H2,1-3H3,(H2,26,27,29,30,31). The van der Waals surface area contributed by atoms with Crippen molar-refractivity contribution < 1.29 is 17.5 Å². The fraction of sp³-hybridized carbons (Fsp3) is 0.250. The lowest BCUT2D eigenvalue weighted by molar-refractivity contribution is 0.385. The van der Waals surface area contributed by atoms with Gasteiger partial charge in [-0.25, -0.2) is 27.8 Å². The molecule has 3 aromatic heterocycles. The first-order valence-corrected chi connectivity index (χ1v) is 12.7. The van der Waals surface area contributed by atoms with Crippen LogP contribution in [0.25, 0.3) is 22.2 Å². The number of benzene rings is 1. The predicted molar refractivity (Wildman–Crippen MR) is 135 cm³/mol. The van der Waals surface area contributed by atoms with Crippen molar-refractivity contribution in [2.24, 2.45) is 0 Å². The zero-order valence-electron chi connectivity index (χ0n) is 19.8. The second-order valence-electron chi connectivity index (χ2n) is 8.31. The monoisotopic (exact) mass is 509 g/mol. The zero-order chi connectivity index (χ0) is 25.4. The molecule has 12 heteroatoms. The maximum Gasteiger partial charge on any atom is 0.267 e. The van der Waals surface area contributed by atoms with Crippen LogP contribution in [0.3, 0.4) is 0 Å². The maximum absolute atomic E-state index is 15.8. The number of fused-ring (bicyclic) bond motifs is 1. The van der Waals surface area contributed by atoms with Crippen molar-refractivity contribution in [1.29, 1.82) is 0 Å². The van der Waals surface area contributed by atoms with Gasteiger partial charge in [0.25, 0.3) is 10.0 Å². The Labute approximate surface area is 207 Å². The fourth-order valence-electron chi connectivity index (χ4n) is 3.93. The molecule has 0 radical (unpaired) electrons. The van der Waals surface area contributed by atoms with Crippen LogP contribution in [0.2, 0.25) is 0 Å². The first-order valence-electron chi connectivity index (χ1n) is 11.2. The highest BCUT2D eigenvalue weighted by molar-refractivity contribution is 7.92. The Morgan fingerprint density at radius 3 is 2.53 bits per heavy atom. The first kappa shape index (κ1) is 23.7. The molecule has 0 unspecified atom stereocenters. The van der Waals surface area contributed by atoms with Crippen LogP contribution in [-0.2, 0) is 10.0 Å². The largest absolute Gasteiger partial charge is 0.480 e. The maximum atomic E-state index is 15.8. The van der Waals surface area contributed by atoms with Crippen LogP contribution < -0.4 is 20.1 Å². The van der Waals surface area contributed by atoms with Crippen LogP contribution in [0.4, 0.5) is 21.8 Å². The number of rotatable bonds is 8. The predicted octanol–water partition coefficient (Wildman–Crippen LogP) is 4.00. The van der Waals surface area contributed by atoms with E-state index < -0.39 is 15.8 Å². The molecular formula is C24H24FN7O3S. The van der Waals surface area contributed by atoms with Gasteiger partial charge in [0, 0.05) is 43.0 Å². The molecular weight excluding hydrogens is 485 g/mol. The van der Waals surface area contributed by atoms with Crippen molar-refractivity contribution in [2.45, 2.75) is 23.7 Å². The highest BCUT2D eigenvalue weighted by atomic mass is 32.2. The van der Waals surface area contributed by atoms with Gasteiger partial charge in [-0.1, -0.05) is 12.1 Å². The van der Waals surface area contributed by atoms with Crippen LogP contribution in [0, 0.1) is 5.82 Å². The minimum absolute atomic E-state index is 0.0550. The third-order valence-electron chi connectivity index (χ3n) is 5.93. The van der Waals surface area contributed by atoms with Gasteiger partial charge in [-0.2, -0.15) is 4.98 Å². The summed E-state index contributed by atoms with van der Waals surface area (Å²) in [5, 5.41) is 6.41. The molecule has 0 saturated heterocycles. The summed E-state index contributed by atoms with van der Waals surface area (Å²) in [4.78, 5) is 17.0. The van der Waals surface area contributed by atoms with E-state index in [1.54, 1.807) is 50.8 Å². The van der Waals surface area contributed by atoms with Crippen LogP contribution in [0.5, 0.6) is 5.88 Å². The Hall–Kier alpha value is -4.06. The Morgan fingerprint density at radius 2 is 1.83 bits per heavy atom. The van der Waals surface area contributed by atoms with Crippen LogP contribution in [0.1, 0.15) is 24.3 Å². The second-order valence-corrected chi connectivity index (χ2v) is 9.96. The van der Waals surface area contributed by atoms with Gasteiger partial charge in [0.2, 0.25) is 11.8 Å². The fourth-order valence-corrected chi connectivity index (χ4v) is 5.15. The smallest absolute Gasteiger partial charge is 0.267 e. The number of aromatic nitrogens is 4. The zero-order valence-corrected chi connectivity index (χ0v) is 20.6. The molecule has 0 atom stereocenters. The number of methoxy groups -OCH3 is 1. The van der Waals surface area contributed by atoms with E-state index in [1.807, 2.05) is 0 Å². The van der Waals surface area contributed by atoms with E-state index in [4.69, 9.17) is 4.74 Å². The number of sulfonamides is 1. The third-order valence-corrected chi connectivity index (χ3v) is 7.29. The topological polar surface area (TPSA) is 131 Å². The van der Waals surface area contributed by atoms with Crippen LogP contribution in [0.15, 0.2) is 47.6 Å². The van der Waals surface area contributed by atoms with Gasteiger partial charge in [-0.05, 0) is 42.5 Å². The highest BCUT2D eigenvalue weighted by Gasteiger charge is 2.29. The Balaban J connectivity index is 1.56. The molecule has 1 fully saturated rings. The van der Waals surface area contributed by atoms with E-state index in [-0.39, 0.29) is 27.9 Å².